The fourth-order valence-corrected chi connectivity index (χ4v) is 2.50. The summed E-state index contributed by atoms with van der Waals surface area (Å²) in [7, 11) is 1.88. The first-order valence-corrected chi connectivity index (χ1v) is 7.40. The number of aromatic nitrogens is 1. The van der Waals surface area contributed by atoms with E-state index in [4.69, 9.17) is 4.42 Å². The maximum atomic E-state index is 12.3. The minimum absolute atomic E-state index is 0.0994. The van der Waals surface area contributed by atoms with Crippen molar-refractivity contribution in [2.45, 2.75) is 32.2 Å². The van der Waals surface area contributed by atoms with Crippen molar-refractivity contribution in [2.75, 3.05) is 7.05 Å². The Bertz CT molecular complexity index is 617. The van der Waals surface area contributed by atoms with Crippen molar-refractivity contribution in [3.8, 4) is 11.5 Å². The number of rotatable bonds is 5. The molecule has 1 unspecified atom stereocenters. The Hall–Kier alpha value is -2.10. The van der Waals surface area contributed by atoms with Crippen molar-refractivity contribution < 1.29 is 9.21 Å². The van der Waals surface area contributed by atoms with Crippen LogP contribution in [0.4, 0.5) is 0 Å². The first-order chi connectivity index (χ1) is 10.1. The molecule has 2 aromatic rings. The lowest BCUT2D eigenvalue weighted by molar-refractivity contribution is -0.131. The lowest BCUT2D eigenvalue weighted by atomic mass is 10.1. The van der Waals surface area contributed by atoms with E-state index in [1.807, 2.05) is 42.3 Å². The van der Waals surface area contributed by atoms with E-state index in [0.717, 1.165) is 5.56 Å². The lowest BCUT2D eigenvalue weighted by Crippen LogP contribution is -2.37. The van der Waals surface area contributed by atoms with Gasteiger partial charge in [-0.2, -0.15) is 0 Å². The van der Waals surface area contributed by atoms with Gasteiger partial charge in [0.2, 0.25) is 11.8 Å². The van der Waals surface area contributed by atoms with Crippen molar-refractivity contribution in [1.29, 1.82) is 0 Å². The summed E-state index contributed by atoms with van der Waals surface area (Å²) in [6, 6.07) is 10.0. The SMILES string of the molecule is CC(C1CC1)N(C)C(=O)Cc1coc(-c2ccccc2)n1. The second kappa shape index (κ2) is 5.72. The summed E-state index contributed by atoms with van der Waals surface area (Å²) in [4.78, 5) is 18.5. The highest BCUT2D eigenvalue weighted by molar-refractivity contribution is 5.78. The van der Waals surface area contributed by atoms with E-state index in [1.54, 1.807) is 6.26 Å². The van der Waals surface area contributed by atoms with Gasteiger partial charge in [0.1, 0.15) is 6.26 Å². The topological polar surface area (TPSA) is 46.3 Å². The Morgan fingerprint density at radius 1 is 1.38 bits per heavy atom. The van der Waals surface area contributed by atoms with E-state index in [1.165, 1.54) is 12.8 Å². The number of benzene rings is 1. The fraction of sp³-hybridized carbons (Fsp3) is 0.412. The molecule has 0 radical (unpaired) electrons. The summed E-state index contributed by atoms with van der Waals surface area (Å²) in [6.07, 6.45) is 4.35. The van der Waals surface area contributed by atoms with Crippen molar-refractivity contribution >= 4 is 5.91 Å². The number of hydrogen-bond acceptors (Lipinski definition) is 3. The summed E-state index contributed by atoms with van der Waals surface area (Å²) in [5.41, 5.74) is 1.62. The second-order valence-corrected chi connectivity index (χ2v) is 5.77. The highest BCUT2D eigenvalue weighted by Gasteiger charge is 2.32. The van der Waals surface area contributed by atoms with Gasteiger partial charge in [-0.15, -0.1) is 0 Å². The van der Waals surface area contributed by atoms with Crippen LogP contribution in [0.3, 0.4) is 0 Å². The molecular weight excluding hydrogens is 264 g/mol. The van der Waals surface area contributed by atoms with E-state index in [-0.39, 0.29) is 5.91 Å². The molecule has 1 heterocycles. The van der Waals surface area contributed by atoms with Crippen LogP contribution in [-0.2, 0) is 11.2 Å². The minimum atomic E-state index is 0.0994. The normalized spacial score (nSPS) is 15.7. The zero-order valence-corrected chi connectivity index (χ0v) is 12.5. The smallest absolute Gasteiger partial charge is 0.228 e. The Morgan fingerprint density at radius 2 is 2.10 bits per heavy atom. The minimum Gasteiger partial charge on any atom is -0.444 e. The molecule has 4 heteroatoms. The molecule has 0 spiro atoms. The molecule has 1 aliphatic rings. The van der Waals surface area contributed by atoms with Gasteiger partial charge in [0.15, 0.2) is 0 Å². The third-order valence-corrected chi connectivity index (χ3v) is 4.21. The first-order valence-electron chi connectivity index (χ1n) is 7.40. The highest BCUT2D eigenvalue weighted by atomic mass is 16.3. The fourth-order valence-electron chi connectivity index (χ4n) is 2.50. The van der Waals surface area contributed by atoms with Gasteiger partial charge in [-0.25, -0.2) is 4.98 Å². The number of amides is 1. The predicted octanol–water partition coefficient (Wildman–Crippen LogP) is 3.14. The van der Waals surface area contributed by atoms with Crippen LogP contribution in [0.15, 0.2) is 41.0 Å². The third-order valence-electron chi connectivity index (χ3n) is 4.21. The van der Waals surface area contributed by atoms with Crippen LogP contribution in [-0.4, -0.2) is 28.9 Å². The standard InChI is InChI=1S/C17H20N2O2/c1-12(13-8-9-13)19(2)16(20)10-15-11-21-17(18-15)14-6-4-3-5-7-14/h3-7,11-13H,8-10H2,1-2H3. The lowest BCUT2D eigenvalue weighted by Gasteiger charge is -2.24. The molecule has 0 bridgehead atoms. The van der Waals surface area contributed by atoms with E-state index in [9.17, 15) is 4.79 Å². The first kappa shape index (κ1) is 13.9. The van der Waals surface area contributed by atoms with Crippen molar-refractivity contribution in [1.82, 2.24) is 9.88 Å². The average Bonchev–Trinajstić information content (AvgIpc) is 3.26. The predicted molar refractivity (Wildman–Crippen MR) is 80.6 cm³/mol. The maximum Gasteiger partial charge on any atom is 0.228 e. The summed E-state index contributed by atoms with van der Waals surface area (Å²) < 4.78 is 5.47. The van der Waals surface area contributed by atoms with Crippen LogP contribution in [0.1, 0.15) is 25.5 Å². The molecule has 1 aromatic carbocycles. The molecule has 0 N–H and O–H groups in total. The quantitative estimate of drug-likeness (QED) is 0.847. The molecular formula is C17H20N2O2. The van der Waals surface area contributed by atoms with Gasteiger partial charge in [-0.3, -0.25) is 4.79 Å². The molecule has 0 aliphatic heterocycles. The Balaban J connectivity index is 1.65. The van der Waals surface area contributed by atoms with E-state index >= 15 is 0 Å². The molecule has 1 aromatic heterocycles. The number of likely N-dealkylation sites (N-methyl/N-ethyl adjacent to an activating group) is 1. The maximum absolute atomic E-state index is 12.3. The van der Waals surface area contributed by atoms with Crippen LogP contribution in [0.5, 0.6) is 0 Å². The van der Waals surface area contributed by atoms with Crippen LogP contribution in [0, 0.1) is 5.92 Å². The average molecular weight is 284 g/mol. The van der Waals surface area contributed by atoms with Gasteiger partial charge >= 0.3 is 0 Å². The van der Waals surface area contributed by atoms with Gasteiger partial charge in [-0.05, 0) is 37.8 Å². The van der Waals surface area contributed by atoms with E-state index < -0.39 is 0 Å². The summed E-state index contributed by atoms with van der Waals surface area (Å²) >= 11 is 0. The summed E-state index contributed by atoms with van der Waals surface area (Å²) in [5, 5.41) is 0. The van der Waals surface area contributed by atoms with Gasteiger partial charge in [0.05, 0.1) is 12.1 Å². The molecule has 0 saturated heterocycles. The monoisotopic (exact) mass is 284 g/mol. The van der Waals surface area contributed by atoms with Crippen LogP contribution >= 0.6 is 0 Å². The zero-order valence-electron chi connectivity index (χ0n) is 12.5. The second-order valence-electron chi connectivity index (χ2n) is 5.77. The number of hydrogen-bond donors (Lipinski definition) is 0. The van der Waals surface area contributed by atoms with E-state index in [0.29, 0.717) is 30.0 Å². The number of nitrogens with zero attached hydrogens (tertiary/aromatic N) is 2. The molecule has 4 nitrogen and oxygen atoms in total. The van der Waals surface area contributed by atoms with Gasteiger partial charge < -0.3 is 9.32 Å². The van der Waals surface area contributed by atoms with Crippen molar-refractivity contribution in [2.24, 2.45) is 5.92 Å². The largest absolute Gasteiger partial charge is 0.444 e. The molecule has 1 fully saturated rings. The summed E-state index contributed by atoms with van der Waals surface area (Å²) in [5.74, 6) is 1.34. The van der Waals surface area contributed by atoms with Crippen molar-refractivity contribution in [3.05, 3.63) is 42.3 Å². The van der Waals surface area contributed by atoms with Crippen molar-refractivity contribution in [3.63, 3.8) is 0 Å². The number of carbonyl (C=O) groups is 1. The van der Waals surface area contributed by atoms with Gasteiger partial charge in [-0.1, -0.05) is 18.2 Å². The number of carbonyl (C=O) groups excluding carboxylic acids is 1. The van der Waals surface area contributed by atoms with Crippen LogP contribution in [0.25, 0.3) is 11.5 Å². The Morgan fingerprint density at radius 3 is 2.76 bits per heavy atom. The molecule has 1 amide bonds. The molecule has 21 heavy (non-hydrogen) atoms. The zero-order chi connectivity index (χ0) is 14.8. The van der Waals surface area contributed by atoms with Crippen LogP contribution < -0.4 is 0 Å². The molecule has 1 atom stereocenters. The number of oxazole rings is 1. The molecule has 3 rings (SSSR count). The van der Waals surface area contributed by atoms with Gasteiger partial charge in [0.25, 0.3) is 0 Å². The summed E-state index contributed by atoms with van der Waals surface area (Å²) in [6.45, 7) is 2.12. The Labute approximate surface area is 124 Å². The molecule has 1 saturated carbocycles. The molecule has 1 aliphatic carbocycles. The van der Waals surface area contributed by atoms with Gasteiger partial charge in [0, 0.05) is 18.7 Å². The highest BCUT2D eigenvalue weighted by Crippen LogP contribution is 2.34. The van der Waals surface area contributed by atoms with Crippen LogP contribution in [0.2, 0.25) is 0 Å². The van der Waals surface area contributed by atoms with E-state index in [2.05, 4.69) is 11.9 Å². The molecule has 110 valence electrons. The third kappa shape index (κ3) is 3.15. The Kier molecular flexibility index (Phi) is 3.78.